The number of nitrogens with zero attached hydrogens (tertiary/aromatic N) is 1. The lowest BCUT2D eigenvalue weighted by Gasteiger charge is -2.07. The van der Waals surface area contributed by atoms with Crippen LogP contribution in [0.1, 0.15) is 26.7 Å². The van der Waals surface area contributed by atoms with Crippen molar-refractivity contribution in [2.24, 2.45) is 10.9 Å². The predicted molar refractivity (Wildman–Crippen MR) is 65.6 cm³/mol. The van der Waals surface area contributed by atoms with E-state index in [2.05, 4.69) is 24.2 Å². The van der Waals surface area contributed by atoms with Gasteiger partial charge in [0.1, 0.15) is 0 Å². The number of rotatable bonds is 3. The second-order valence-corrected chi connectivity index (χ2v) is 5.68. The summed E-state index contributed by atoms with van der Waals surface area (Å²) in [6, 6.07) is 0. The van der Waals surface area contributed by atoms with E-state index in [0.717, 1.165) is 24.6 Å². The van der Waals surface area contributed by atoms with E-state index < -0.39 is 0 Å². The van der Waals surface area contributed by atoms with Gasteiger partial charge in [0.2, 0.25) is 5.91 Å². The number of thioether (sulfide) groups is 1. The first-order valence-electron chi connectivity index (χ1n) is 5.80. The lowest BCUT2D eigenvalue weighted by molar-refractivity contribution is -0.119. The Morgan fingerprint density at radius 3 is 3.00 bits per heavy atom. The zero-order chi connectivity index (χ0) is 11.5. The van der Waals surface area contributed by atoms with E-state index in [1.54, 1.807) is 11.8 Å². The van der Waals surface area contributed by atoms with E-state index in [1.807, 2.05) is 0 Å². The molecule has 0 saturated carbocycles. The third-order valence-electron chi connectivity index (χ3n) is 2.80. The SMILES string of the molecule is CC(C)C1SC(=NC[C@H]2CCCO2)NC1=O. The maximum Gasteiger partial charge on any atom is 0.239 e. The summed E-state index contributed by atoms with van der Waals surface area (Å²) in [5.74, 6) is 0.437. The maximum absolute atomic E-state index is 11.6. The zero-order valence-electron chi connectivity index (χ0n) is 9.73. The van der Waals surface area contributed by atoms with E-state index in [0.29, 0.717) is 12.5 Å². The van der Waals surface area contributed by atoms with Crippen molar-refractivity contribution >= 4 is 22.8 Å². The molecular weight excluding hydrogens is 224 g/mol. The first-order valence-corrected chi connectivity index (χ1v) is 6.68. The van der Waals surface area contributed by atoms with Crippen molar-refractivity contribution in [2.45, 2.75) is 38.0 Å². The van der Waals surface area contributed by atoms with Crippen LogP contribution in [0.3, 0.4) is 0 Å². The summed E-state index contributed by atoms with van der Waals surface area (Å²) in [6.45, 7) is 5.64. The quantitative estimate of drug-likeness (QED) is 0.814. The summed E-state index contributed by atoms with van der Waals surface area (Å²) in [6.07, 6.45) is 2.47. The minimum absolute atomic E-state index is 0.0169. The Hall–Kier alpha value is -0.550. The Morgan fingerprint density at radius 1 is 1.62 bits per heavy atom. The Labute approximate surface area is 100 Å². The molecule has 5 heteroatoms. The van der Waals surface area contributed by atoms with Gasteiger partial charge in [-0.25, -0.2) is 0 Å². The average molecular weight is 242 g/mol. The second-order valence-electron chi connectivity index (χ2n) is 4.55. The maximum atomic E-state index is 11.6. The van der Waals surface area contributed by atoms with Crippen molar-refractivity contribution in [3.63, 3.8) is 0 Å². The molecule has 0 spiro atoms. The predicted octanol–water partition coefficient (Wildman–Crippen LogP) is 1.41. The van der Waals surface area contributed by atoms with Gasteiger partial charge in [0.05, 0.1) is 17.9 Å². The molecule has 1 N–H and O–H groups in total. The lowest BCUT2D eigenvalue weighted by atomic mass is 10.1. The second kappa shape index (κ2) is 5.19. The summed E-state index contributed by atoms with van der Waals surface area (Å²) in [5.41, 5.74) is 0. The highest BCUT2D eigenvalue weighted by Crippen LogP contribution is 2.26. The van der Waals surface area contributed by atoms with Crippen LogP contribution in [0.15, 0.2) is 4.99 Å². The molecule has 2 fully saturated rings. The third kappa shape index (κ3) is 2.77. The Morgan fingerprint density at radius 2 is 2.44 bits per heavy atom. The van der Waals surface area contributed by atoms with Crippen molar-refractivity contribution in [3.05, 3.63) is 0 Å². The van der Waals surface area contributed by atoms with Gasteiger partial charge in [0, 0.05) is 6.61 Å². The van der Waals surface area contributed by atoms with Gasteiger partial charge >= 0.3 is 0 Å². The van der Waals surface area contributed by atoms with Crippen LogP contribution in [0.4, 0.5) is 0 Å². The Bertz CT molecular complexity index is 298. The van der Waals surface area contributed by atoms with E-state index >= 15 is 0 Å². The van der Waals surface area contributed by atoms with Crippen molar-refractivity contribution in [1.82, 2.24) is 5.32 Å². The molecule has 2 atom stereocenters. The number of aliphatic imine (C=N–C) groups is 1. The number of hydrogen-bond acceptors (Lipinski definition) is 4. The van der Waals surface area contributed by atoms with E-state index in [-0.39, 0.29) is 17.3 Å². The molecule has 0 bridgehead atoms. The van der Waals surface area contributed by atoms with Crippen molar-refractivity contribution < 1.29 is 9.53 Å². The number of amides is 1. The smallest absolute Gasteiger partial charge is 0.239 e. The molecule has 0 aromatic rings. The molecule has 0 aromatic heterocycles. The highest BCUT2D eigenvalue weighted by Gasteiger charge is 2.32. The topological polar surface area (TPSA) is 50.7 Å². The molecule has 90 valence electrons. The normalized spacial score (nSPS) is 32.7. The molecule has 0 aliphatic carbocycles. The minimum atomic E-state index is 0.0169. The number of amidine groups is 1. The van der Waals surface area contributed by atoms with Gasteiger partial charge in [0.25, 0.3) is 0 Å². The van der Waals surface area contributed by atoms with Crippen LogP contribution in [0.2, 0.25) is 0 Å². The molecule has 4 nitrogen and oxygen atoms in total. The number of ether oxygens (including phenoxy) is 1. The van der Waals surface area contributed by atoms with Crippen LogP contribution in [-0.2, 0) is 9.53 Å². The number of carbonyl (C=O) groups is 1. The highest BCUT2D eigenvalue weighted by molar-refractivity contribution is 8.15. The van der Waals surface area contributed by atoms with Gasteiger partial charge in [-0.2, -0.15) is 0 Å². The van der Waals surface area contributed by atoms with Crippen LogP contribution in [0.5, 0.6) is 0 Å². The molecule has 16 heavy (non-hydrogen) atoms. The number of nitrogens with one attached hydrogen (secondary N) is 1. The van der Waals surface area contributed by atoms with Crippen molar-refractivity contribution in [2.75, 3.05) is 13.2 Å². The molecule has 2 heterocycles. The average Bonchev–Trinajstić information content (AvgIpc) is 2.83. The molecule has 2 saturated heterocycles. The van der Waals surface area contributed by atoms with Crippen molar-refractivity contribution in [3.8, 4) is 0 Å². The van der Waals surface area contributed by atoms with Crippen LogP contribution >= 0.6 is 11.8 Å². The van der Waals surface area contributed by atoms with E-state index in [4.69, 9.17) is 4.74 Å². The summed E-state index contributed by atoms with van der Waals surface area (Å²) in [4.78, 5) is 16.0. The first kappa shape index (κ1) is 11.9. The van der Waals surface area contributed by atoms with Crippen LogP contribution in [0.25, 0.3) is 0 Å². The number of carbonyl (C=O) groups excluding carboxylic acids is 1. The molecule has 1 unspecified atom stereocenters. The van der Waals surface area contributed by atoms with E-state index in [9.17, 15) is 4.79 Å². The van der Waals surface area contributed by atoms with Gasteiger partial charge in [-0.3, -0.25) is 9.79 Å². The lowest BCUT2D eigenvalue weighted by Crippen LogP contribution is -2.28. The van der Waals surface area contributed by atoms with Crippen LogP contribution in [0, 0.1) is 5.92 Å². The highest BCUT2D eigenvalue weighted by atomic mass is 32.2. The molecule has 0 radical (unpaired) electrons. The molecule has 2 rings (SSSR count). The van der Waals surface area contributed by atoms with Gasteiger partial charge in [-0.05, 0) is 18.8 Å². The molecule has 1 amide bonds. The Kier molecular flexibility index (Phi) is 3.86. The number of hydrogen-bond donors (Lipinski definition) is 1. The fourth-order valence-corrected chi connectivity index (χ4v) is 2.86. The summed E-state index contributed by atoms with van der Waals surface area (Å²) in [5, 5.41) is 3.61. The fraction of sp³-hybridized carbons (Fsp3) is 0.818. The van der Waals surface area contributed by atoms with Crippen LogP contribution < -0.4 is 5.32 Å². The Balaban J connectivity index is 1.86. The zero-order valence-corrected chi connectivity index (χ0v) is 10.5. The monoisotopic (exact) mass is 242 g/mol. The summed E-state index contributed by atoms with van der Waals surface area (Å²) < 4.78 is 5.48. The molecule has 2 aliphatic rings. The molecule has 0 aromatic carbocycles. The van der Waals surface area contributed by atoms with Gasteiger partial charge in [0.15, 0.2) is 5.17 Å². The minimum Gasteiger partial charge on any atom is -0.376 e. The van der Waals surface area contributed by atoms with E-state index in [1.165, 1.54) is 0 Å². The fourth-order valence-electron chi connectivity index (χ4n) is 1.87. The molecular formula is C11H18N2O2S. The summed E-state index contributed by atoms with van der Waals surface area (Å²) in [7, 11) is 0. The molecule has 2 aliphatic heterocycles. The first-order chi connectivity index (χ1) is 7.66. The van der Waals surface area contributed by atoms with Gasteiger partial charge in [-0.1, -0.05) is 25.6 Å². The van der Waals surface area contributed by atoms with Crippen LogP contribution in [-0.4, -0.2) is 35.6 Å². The third-order valence-corrected chi connectivity index (χ3v) is 4.26. The largest absolute Gasteiger partial charge is 0.376 e. The van der Waals surface area contributed by atoms with Gasteiger partial charge < -0.3 is 10.1 Å². The van der Waals surface area contributed by atoms with Crippen molar-refractivity contribution in [1.29, 1.82) is 0 Å². The summed E-state index contributed by atoms with van der Waals surface area (Å²) >= 11 is 1.54. The van der Waals surface area contributed by atoms with Gasteiger partial charge in [-0.15, -0.1) is 0 Å². The standard InChI is InChI=1S/C11H18N2O2S/c1-7(2)9-10(14)13-11(16-9)12-6-8-4-3-5-15-8/h7-9H,3-6H2,1-2H3,(H,12,13,14)/t8-,9?/m1/s1.